The number of sulfonamides is 1. The van der Waals surface area contributed by atoms with Gasteiger partial charge in [0.2, 0.25) is 10.0 Å². The molecule has 0 aromatic heterocycles. The number of hydrogen-bond donors (Lipinski definition) is 0. The van der Waals surface area contributed by atoms with Gasteiger partial charge >= 0.3 is 0 Å². The Bertz CT molecular complexity index is 790. The average Bonchev–Trinajstić information content (AvgIpc) is 2.50. The van der Waals surface area contributed by atoms with Crippen molar-refractivity contribution in [1.29, 1.82) is 0 Å². The van der Waals surface area contributed by atoms with Crippen molar-refractivity contribution in [3.8, 4) is 0 Å². The molecule has 0 N–H and O–H groups in total. The van der Waals surface area contributed by atoms with E-state index in [4.69, 9.17) is 23.2 Å². The Morgan fingerprint density at radius 3 is 2.13 bits per heavy atom. The number of rotatable bonds is 5. The van der Waals surface area contributed by atoms with Crippen molar-refractivity contribution in [3.05, 3.63) is 58.1 Å². The molecule has 4 nitrogen and oxygen atoms in total. The van der Waals surface area contributed by atoms with Crippen LogP contribution in [-0.2, 0) is 16.6 Å². The minimum absolute atomic E-state index is 0.0130. The Morgan fingerprint density at radius 1 is 0.957 bits per heavy atom. The van der Waals surface area contributed by atoms with Crippen molar-refractivity contribution < 1.29 is 8.42 Å². The van der Waals surface area contributed by atoms with Gasteiger partial charge in [-0.05, 0) is 29.8 Å². The summed E-state index contributed by atoms with van der Waals surface area (Å²) in [7, 11) is 1.71. The predicted octanol–water partition coefficient (Wildman–Crippen LogP) is 3.88. The van der Waals surface area contributed by atoms with Gasteiger partial charge in [0.05, 0.1) is 10.0 Å². The van der Waals surface area contributed by atoms with Gasteiger partial charge in [-0.15, -0.1) is 0 Å². The van der Waals surface area contributed by atoms with E-state index in [1.54, 1.807) is 12.1 Å². The Morgan fingerprint density at radius 2 is 1.57 bits per heavy atom. The number of nitrogens with zero attached hydrogens (tertiary/aromatic N) is 2. The molecule has 0 saturated heterocycles. The highest BCUT2D eigenvalue weighted by molar-refractivity contribution is 7.89. The first kappa shape index (κ1) is 18.1. The van der Waals surface area contributed by atoms with E-state index in [0.29, 0.717) is 0 Å². The van der Waals surface area contributed by atoms with E-state index in [-0.39, 0.29) is 21.5 Å². The smallest absolute Gasteiger partial charge is 0.244 e. The van der Waals surface area contributed by atoms with Gasteiger partial charge in [0.1, 0.15) is 4.90 Å². The van der Waals surface area contributed by atoms with Crippen LogP contribution in [-0.4, -0.2) is 33.9 Å². The molecule has 0 atom stereocenters. The molecule has 2 rings (SSSR count). The molecule has 0 amide bonds. The van der Waals surface area contributed by atoms with Crippen molar-refractivity contribution in [3.63, 3.8) is 0 Å². The largest absolute Gasteiger partial charge is 0.378 e. The molecular weight excluding hydrogens is 355 g/mol. The Balaban J connectivity index is 2.25. The lowest BCUT2D eigenvalue weighted by Crippen LogP contribution is -2.26. The lowest BCUT2D eigenvalue weighted by molar-refractivity contribution is 0.467. The van der Waals surface area contributed by atoms with Crippen molar-refractivity contribution in [1.82, 2.24) is 4.31 Å². The second kappa shape index (κ2) is 7.09. The summed E-state index contributed by atoms with van der Waals surface area (Å²) in [5, 5.41) is 0.264. The summed E-state index contributed by atoms with van der Waals surface area (Å²) in [6.45, 7) is 0.249. The number of anilines is 1. The number of hydrogen-bond acceptors (Lipinski definition) is 3. The third-order valence-electron chi connectivity index (χ3n) is 3.46. The first-order valence-corrected chi connectivity index (χ1v) is 9.09. The summed E-state index contributed by atoms with van der Waals surface area (Å²) in [5.41, 5.74) is 1.94. The van der Waals surface area contributed by atoms with Crippen molar-refractivity contribution >= 4 is 38.9 Å². The summed E-state index contributed by atoms with van der Waals surface area (Å²) in [4.78, 5) is 2.00. The van der Waals surface area contributed by atoms with Gasteiger partial charge in [-0.3, -0.25) is 0 Å². The first-order chi connectivity index (χ1) is 10.7. The summed E-state index contributed by atoms with van der Waals surface area (Å²) >= 11 is 11.9. The molecule has 7 heteroatoms. The van der Waals surface area contributed by atoms with E-state index >= 15 is 0 Å². The van der Waals surface area contributed by atoms with Crippen LogP contribution in [0.5, 0.6) is 0 Å². The van der Waals surface area contributed by atoms with Crippen LogP contribution in [0.15, 0.2) is 47.4 Å². The van der Waals surface area contributed by atoms with Crippen LogP contribution < -0.4 is 4.90 Å². The summed E-state index contributed by atoms with van der Waals surface area (Å²) in [5.74, 6) is 0. The van der Waals surface area contributed by atoms with E-state index in [0.717, 1.165) is 11.3 Å². The van der Waals surface area contributed by atoms with E-state index in [1.165, 1.54) is 17.4 Å². The van der Waals surface area contributed by atoms with Crippen LogP contribution in [0.1, 0.15) is 5.56 Å². The van der Waals surface area contributed by atoms with Gasteiger partial charge in [0.15, 0.2) is 0 Å². The molecule has 0 saturated carbocycles. The SMILES string of the molecule is CN(C)c1ccc(CN(C)S(=O)(=O)c2cccc(Cl)c2Cl)cc1. The lowest BCUT2D eigenvalue weighted by Gasteiger charge is -2.19. The van der Waals surface area contributed by atoms with Gasteiger partial charge in [0.25, 0.3) is 0 Å². The maximum Gasteiger partial charge on any atom is 0.244 e. The fourth-order valence-corrected chi connectivity index (χ4v) is 3.98. The van der Waals surface area contributed by atoms with Gasteiger partial charge in [-0.25, -0.2) is 8.42 Å². The molecule has 0 bridgehead atoms. The van der Waals surface area contributed by atoms with Gasteiger partial charge in [-0.1, -0.05) is 41.4 Å². The van der Waals surface area contributed by atoms with Crippen LogP contribution in [0.4, 0.5) is 5.69 Å². The molecule has 0 heterocycles. The highest BCUT2D eigenvalue weighted by Crippen LogP contribution is 2.31. The van der Waals surface area contributed by atoms with E-state index in [9.17, 15) is 8.42 Å². The monoisotopic (exact) mass is 372 g/mol. The maximum atomic E-state index is 12.7. The zero-order valence-corrected chi connectivity index (χ0v) is 15.5. The van der Waals surface area contributed by atoms with Gasteiger partial charge in [-0.2, -0.15) is 4.31 Å². The van der Waals surface area contributed by atoms with Gasteiger partial charge in [0, 0.05) is 33.4 Å². The van der Waals surface area contributed by atoms with Gasteiger partial charge < -0.3 is 4.90 Å². The molecule has 2 aromatic carbocycles. The zero-order valence-electron chi connectivity index (χ0n) is 13.1. The van der Waals surface area contributed by atoms with Crippen molar-refractivity contribution in [2.24, 2.45) is 0 Å². The standard InChI is InChI=1S/C16H18Cl2N2O2S/c1-19(2)13-9-7-12(8-10-13)11-20(3)23(21,22)15-6-4-5-14(17)16(15)18/h4-10H,11H2,1-3H3. The minimum atomic E-state index is -3.71. The summed E-state index contributed by atoms with van der Waals surface area (Å²) < 4.78 is 26.6. The molecule has 124 valence electrons. The minimum Gasteiger partial charge on any atom is -0.378 e. The third kappa shape index (κ3) is 3.98. The molecule has 0 aliphatic rings. The summed E-state index contributed by atoms with van der Waals surface area (Å²) in [6, 6.07) is 12.3. The van der Waals surface area contributed by atoms with Crippen LogP contribution in [0.25, 0.3) is 0 Å². The fourth-order valence-electron chi connectivity index (χ4n) is 2.09. The fraction of sp³-hybridized carbons (Fsp3) is 0.250. The Kier molecular flexibility index (Phi) is 5.57. The Hall–Kier alpha value is -1.27. The number of benzene rings is 2. The topological polar surface area (TPSA) is 40.6 Å². The van der Waals surface area contributed by atoms with E-state index in [2.05, 4.69) is 0 Å². The second-order valence-electron chi connectivity index (χ2n) is 5.37. The highest BCUT2D eigenvalue weighted by atomic mass is 35.5. The molecule has 0 aliphatic carbocycles. The van der Waals surface area contributed by atoms with E-state index in [1.807, 2.05) is 43.3 Å². The normalized spacial score (nSPS) is 11.7. The average molecular weight is 373 g/mol. The van der Waals surface area contributed by atoms with Crippen molar-refractivity contribution in [2.75, 3.05) is 26.0 Å². The predicted molar refractivity (Wildman–Crippen MR) is 95.9 cm³/mol. The summed E-state index contributed by atoms with van der Waals surface area (Å²) in [6.07, 6.45) is 0. The molecule has 2 aromatic rings. The lowest BCUT2D eigenvalue weighted by atomic mass is 10.2. The second-order valence-corrected chi connectivity index (χ2v) is 8.17. The Labute approximate surface area is 147 Å². The molecule has 0 unspecified atom stereocenters. The van der Waals surface area contributed by atoms with Crippen molar-refractivity contribution in [2.45, 2.75) is 11.4 Å². The van der Waals surface area contributed by atoms with E-state index < -0.39 is 10.0 Å². The zero-order chi connectivity index (χ0) is 17.2. The molecular formula is C16H18Cl2N2O2S. The molecule has 0 spiro atoms. The molecule has 23 heavy (non-hydrogen) atoms. The third-order valence-corrected chi connectivity index (χ3v) is 6.24. The first-order valence-electron chi connectivity index (χ1n) is 6.90. The quantitative estimate of drug-likeness (QED) is 0.799. The maximum absolute atomic E-state index is 12.7. The van der Waals surface area contributed by atoms with Crippen LogP contribution in [0.2, 0.25) is 10.0 Å². The molecule has 0 radical (unpaired) electrons. The highest BCUT2D eigenvalue weighted by Gasteiger charge is 2.24. The number of halogens is 2. The molecule has 0 aliphatic heterocycles. The van der Waals surface area contributed by atoms with Crippen LogP contribution in [0.3, 0.4) is 0 Å². The van der Waals surface area contributed by atoms with Crippen LogP contribution >= 0.6 is 23.2 Å². The van der Waals surface area contributed by atoms with Crippen LogP contribution in [0, 0.1) is 0 Å². The molecule has 0 fully saturated rings.